The van der Waals surface area contributed by atoms with Crippen LogP contribution in [0.15, 0.2) is 21.4 Å². The Bertz CT molecular complexity index is 1610. The first-order valence-electron chi connectivity index (χ1n) is 13.7. The molecule has 0 saturated heterocycles. The van der Waals surface area contributed by atoms with Crippen LogP contribution in [0.5, 0.6) is 0 Å². The molecule has 3 aromatic rings. The van der Waals surface area contributed by atoms with E-state index in [0.717, 1.165) is 50.0 Å². The van der Waals surface area contributed by atoms with Crippen LogP contribution < -0.4 is 4.72 Å². The Labute approximate surface area is 253 Å². The van der Waals surface area contributed by atoms with Gasteiger partial charge in [-0.05, 0) is 38.7 Å². The molecule has 4 rings (SSSR count). The van der Waals surface area contributed by atoms with Gasteiger partial charge in [-0.3, -0.25) is 4.79 Å². The van der Waals surface area contributed by atoms with Gasteiger partial charge in [0, 0.05) is 12.0 Å². The van der Waals surface area contributed by atoms with Crippen molar-refractivity contribution in [1.29, 1.82) is 0 Å². The van der Waals surface area contributed by atoms with Crippen molar-refractivity contribution in [2.24, 2.45) is 11.3 Å². The number of carboxylic acids is 1. The van der Waals surface area contributed by atoms with E-state index in [1.165, 1.54) is 18.6 Å². The predicted molar refractivity (Wildman–Crippen MR) is 147 cm³/mol. The Morgan fingerprint density at radius 1 is 1.18 bits per heavy atom. The molecule has 0 aliphatic heterocycles. The summed E-state index contributed by atoms with van der Waals surface area (Å²) in [6, 6.07) is -0.971. The zero-order valence-corrected chi connectivity index (χ0v) is 25.5. The maximum absolute atomic E-state index is 15.6. The average molecular weight is 669 g/mol. The molecule has 2 heterocycles. The summed E-state index contributed by atoms with van der Waals surface area (Å²) in [7, 11) is -5.19. The van der Waals surface area contributed by atoms with Crippen LogP contribution >= 0.6 is 11.3 Å². The summed E-state index contributed by atoms with van der Waals surface area (Å²) in [5.41, 5.74) is -2.60. The number of carboxylic acid groups (broad SMARTS) is 1. The van der Waals surface area contributed by atoms with Gasteiger partial charge in [-0.25, -0.2) is 26.6 Å². The second kappa shape index (κ2) is 12.7. The number of carbonyl (C=O) groups is 1. The number of nitrogens with zero attached hydrogens (tertiary/aromatic N) is 3. The highest BCUT2D eigenvalue weighted by Gasteiger charge is 2.42. The molecule has 1 saturated carbocycles. The molecular weight excluding hydrogens is 638 g/mol. The third kappa shape index (κ3) is 7.25. The first-order chi connectivity index (χ1) is 20.4. The Morgan fingerprint density at radius 3 is 2.41 bits per heavy atom. The number of aliphatic carboxylic acids is 1. The van der Waals surface area contributed by atoms with Crippen molar-refractivity contribution in [3.05, 3.63) is 35.1 Å². The Kier molecular flexibility index (Phi) is 9.80. The van der Waals surface area contributed by atoms with Crippen LogP contribution in [0, 0.1) is 17.2 Å². The number of thiazole rings is 1. The second-order valence-electron chi connectivity index (χ2n) is 11.3. The monoisotopic (exact) mass is 668 g/mol. The van der Waals surface area contributed by atoms with Gasteiger partial charge in [0.25, 0.3) is 12.3 Å². The number of hydrogen-bond acceptors (Lipinski definition) is 8. The Hall–Kier alpha value is -3.05. The van der Waals surface area contributed by atoms with Crippen molar-refractivity contribution < 1.29 is 49.1 Å². The molecule has 0 bridgehead atoms. The standard InChI is InChI=1S/C27H30F6N4O5S2/c1-4-17(27(31,32)33)37-44(40,41)16-10-9-14(19(20(16)28)22(29)30)21-15(11-13-7-5-6-8-13)34-24(43-21)23-36-35-18(42-23)12-26(2,3)25(38)39/h9-10,13,17,22,37H,4-8,11-12H2,1-3H3,(H,38,39)/t17-/m1/s1. The minimum absolute atomic E-state index is 0.00731. The lowest BCUT2D eigenvalue weighted by Gasteiger charge is -2.21. The molecule has 0 spiro atoms. The molecule has 9 nitrogen and oxygen atoms in total. The van der Waals surface area contributed by atoms with E-state index in [4.69, 9.17) is 4.42 Å². The predicted octanol–water partition coefficient (Wildman–Crippen LogP) is 6.94. The van der Waals surface area contributed by atoms with Gasteiger partial charge < -0.3 is 9.52 Å². The van der Waals surface area contributed by atoms with Crippen LogP contribution in [0.4, 0.5) is 26.3 Å². The van der Waals surface area contributed by atoms with Gasteiger partial charge in [0.1, 0.15) is 10.9 Å². The summed E-state index contributed by atoms with van der Waals surface area (Å²) < 4.78 is 117. The zero-order chi connectivity index (χ0) is 32.6. The highest BCUT2D eigenvalue weighted by atomic mass is 32.2. The van der Waals surface area contributed by atoms with Crippen molar-refractivity contribution in [2.75, 3.05) is 0 Å². The van der Waals surface area contributed by atoms with Crippen LogP contribution in [0.3, 0.4) is 0 Å². The van der Waals surface area contributed by atoms with Gasteiger partial charge in [-0.1, -0.05) is 38.7 Å². The van der Waals surface area contributed by atoms with Gasteiger partial charge >= 0.3 is 12.1 Å². The van der Waals surface area contributed by atoms with E-state index in [-0.39, 0.29) is 39.6 Å². The fraction of sp³-hybridized carbons (Fsp3) is 0.556. The summed E-state index contributed by atoms with van der Waals surface area (Å²) in [5.74, 6) is -2.95. The molecule has 2 N–H and O–H groups in total. The van der Waals surface area contributed by atoms with E-state index in [1.54, 1.807) is 0 Å². The molecule has 17 heteroatoms. The summed E-state index contributed by atoms with van der Waals surface area (Å²) >= 11 is 0.820. The summed E-state index contributed by atoms with van der Waals surface area (Å²) in [4.78, 5) is 14.8. The molecule has 1 atom stereocenters. The van der Waals surface area contributed by atoms with Crippen LogP contribution in [0.25, 0.3) is 21.3 Å². The van der Waals surface area contributed by atoms with E-state index in [1.807, 2.05) is 0 Å². The van der Waals surface area contributed by atoms with Gasteiger partial charge in [-0.15, -0.1) is 21.5 Å². The molecule has 1 aliphatic rings. The molecule has 1 fully saturated rings. The molecule has 0 radical (unpaired) electrons. The number of hydrogen-bond donors (Lipinski definition) is 2. The minimum atomic E-state index is -5.19. The van der Waals surface area contributed by atoms with E-state index >= 15 is 4.39 Å². The molecule has 0 amide bonds. The van der Waals surface area contributed by atoms with Crippen molar-refractivity contribution in [3.63, 3.8) is 0 Å². The van der Waals surface area contributed by atoms with Gasteiger partial charge in [0.05, 0.1) is 21.5 Å². The number of nitrogens with one attached hydrogen (secondary N) is 1. The van der Waals surface area contributed by atoms with E-state index < -0.39 is 62.7 Å². The van der Waals surface area contributed by atoms with E-state index in [9.17, 15) is 40.3 Å². The normalized spacial score (nSPS) is 15.8. The summed E-state index contributed by atoms with van der Waals surface area (Å²) in [6.45, 7) is 3.99. The number of halogens is 6. The average Bonchev–Trinajstić information content (AvgIpc) is 3.67. The van der Waals surface area contributed by atoms with Crippen LogP contribution in [-0.4, -0.2) is 46.9 Å². The molecule has 2 aromatic heterocycles. The van der Waals surface area contributed by atoms with Crippen LogP contribution in [-0.2, 0) is 27.7 Å². The molecule has 1 aliphatic carbocycles. The largest absolute Gasteiger partial charge is 0.481 e. The topological polar surface area (TPSA) is 135 Å². The summed E-state index contributed by atoms with van der Waals surface area (Å²) in [5, 5.41) is 17.3. The second-order valence-corrected chi connectivity index (χ2v) is 14.0. The minimum Gasteiger partial charge on any atom is -0.481 e. The molecular formula is C27H30F6N4O5S2. The van der Waals surface area contributed by atoms with E-state index in [0.29, 0.717) is 18.2 Å². The van der Waals surface area contributed by atoms with Crippen molar-refractivity contribution in [3.8, 4) is 21.3 Å². The Morgan fingerprint density at radius 2 is 1.84 bits per heavy atom. The lowest BCUT2D eigenvalue weighted by atomic mass is 9.90. The number of alkyl halides is 5. The molecule has 242 valence electrons. The number of aromatic nitrogens is 3. The molecule has 44 heavy (non-hydrogen) atoms. The molecule has 1 aromatic carbocycles. The maximum atomic E-state index is 15.6. The highest BCUT2D eigenvalue weighted by Crippen LogP contribution is 2.44. The van der Waals surface area contributed by atoms with E-state index in [2.05, 4.69) is 15.2 Å². The summed E-state index contributed by atoms with van der Waals surface area (Å²) in [6.07, 6.45) is -5.42. The number of benzene rings is 1. The molecule has 0 unspecified atom stereocenters. The highest BCUT2D eigenvalue weighted by molar-refractivity contribution is 7.89. The first kappa shape index (κ1) is 33.8. The Balaban J connectivity index is 1.80. The van der Waals surface area contributed by atoms with Crippen LogP contribution in [0.2, 0.25) is 0 Å². The van der Waals surface area contributed by atoms with Crippen molar-refractivity contribution in [1.82, 2.24) is 19.9 Å². The lowest BCUT2D eigenvalue weighted by Crippen LogP contribution is -2.45. The first-order valence-corrected chi connectivity index (χ1v) is 16.0. The smallest absolute Gasteiger partial charge is 0.404 e. The number of rotatable bonds is 12. The van der Waals surface area contributed by atoms with Gasteiger partial charge in [0.15, 0.2) is 10.8 Å². The van der Waals surface area contributed by atoms with Gasteiger partial charge in [0.2, 0.25) is 15.9 Å². The SMILES string of the molecule is CC[C@@H](NS(=O)(=O)c1ccc(-c2sc(-c3nnc(CC(C)(C)C(=O)O)o3)nc2CC2CCCC2)c(C(F)F)c1F)C(F)(F)F. The fourth-order valence-corrected chi connectivity index (χ4v) is 7.42. The third-order valence-corrected chi connectivity index (χ3v) is 10.1. The zero-order valence-electron chi connectivity index (χ0n) is 23.8. The van der Waals surface area contributed by atoms with Gasteiger partial charge in [-0.2, -0.15) is 17.9 Å². The van der Waals surface area contributed by atoms with Crippen molar-refractivity contribution >= 4 is 27.3 Å². The van der Waals surface area contributed by atoms with Crippen molar-refractivity contribution in [2.45, 2.75) is 89.3 Å². The number of sulfonamides is 1. The fourth-order valence-electron chi connectivity index (χ4n) is 4.97. The quantitative estimate of drug-likeness (QED) is 0.198. The maximum Gasteiger partial charge on any atom is 0.404 e. The third-order valence-electron chi connectivity index (χ3n) is 7.47. The lowest BCUT2D eigenvalue weighted by molar-refractivity contribution is -0.151. The van der Waals surface area contributed by atoms with Crippen LogP contribution in [0.1, 0.15) is 76.4 Å².